The van der Waals surface area contributed by atoms with Gasteiger partial charge in [-0.3, -0.25) is 4.52 Å². The summed E-state index contributed by atoms with van der Waals surface area (Å²) in [6.45, 7) is 0.250. The number of rotatable bonds is 24. The Kier molecular flexibility index (Phi) is 17.1. The molecule has 1 heterocycles. The van der Waals surface area contributed by atoms with Crippen molar-refractivity contribution in [1.82, 2.24) is 0 Å². The van der Waals surface area contributed by atoms with E-state index >= 15 is 0 Å². The summed E-state index contributed by atoms with van der Waals surface area (Å²) in [5.74, 6) is 0. The van der Waals surface area contributed by atoms with E-state index in [1.807, 2.05) is 152 Å². The Morgan fingerprint density at radius 2 is 0.948 bits per heavy atom. The van der Waals surface area contributed by atoms with Crippen LogP contribution in [0, 0.1) is 0 Å². The second-order valence-corrected chi connectivity index (χ2v) is 15.1. The molecule has 6 rings (SSSR count). The maximum absolute atomic E-state index is 12.1. The molecule has 0 amide bonds. The molecule has 5 aromatic carbocycles. The summed E-state index contributed by atoms with van der Waals surface area (Å²) in [7, 11) is -4.93. The average molecular weight is 815 g/mol. The summed E-state index contributed by atoms with van der Waals surface area (Å²) in [6.07, 6.45) is -6.82. The van der Waals surface area contributed by atoms with Crippen LogP contribution in [0.2, 0.25) is 0 Å². The number of phosphoric acid groups is 1. The van der Waals surface area contributed by atoms with Crippen LogP contribution in [0.3, 0.4) is 0 Å². The molecule has 3 N–H and O–H groups in total. The van der Waals surface area contributed by atoms with E-state index in [4.69, 9.17) is 37.7 Å². The number of ether oxygens (including phenoxy) is 7. The predicted octanol–water partition coefficient (Wildman–Crippen LogP) is 6.76. The zero-order chi connectivity index (χ0) is 40.4. The highest BCUT2D eigenvalue weighted by molar-refractivity contribution is 7.46. The van der Waals surface area contributed by atoms with Crippen LogP contribution in [0.25, 0.3) is 0 Å². The number of benzene rings is 5. The van der Waals surface area contributed by atoms with Crippen molar-refractivity contribution in [2.45, 2.75) is 75.9 Å². The van der Waals surface area contributed by atoms with Gasteiger partial charge in [0, 0.05) is 0 Å². The smallest absolute Gasteiger partial charge is 0.387 e. The predicted molar refractivity (Wildman–Crippen MR) is 215 cm³/mol. The molecule has 1 aliphatic heterocycles. The van der Waals surface area contributed by atoms with Gasteiger partial charge in [0.15, 0.2) is 6.29 Å². The first kappa shape index (κ1) is 43.5. The second-order valence-electron chi connectivity index (χ2n) is 13.8. The molecule has 5 aromatic rings. The van der Waals surface area contributed by atoms with Gasteiger partial charge < -0.3 is 48.1 Å². The first-order valence-corrected chi connectivity index (χ1v) is 20.7. The molecule has 0 unspecified atom stereocenters. The van der Waals surface area contributed by atoms with Crippen molar-refractivity contribution in [2.24, 2.45) is 0 Å². The third-order valence-electron chi connectivity index (χ3n) is 9.44. The van der Waals surface area contributed by atoms with Gasteiger partial charge in [0.05, 0.1) is 52.9 Å². The molecule has 0 saturated carbocycles. The van der Waals surface area contributed by atoms with E-state index in [0.29, 0.717) is 6.61 Å². The minimum absolute atomic E-state index is 0.0764. The molecule has 1 fully saturated rings. The van der Waals surface area contributed by atoms with Crippen LogP contribution in [0.15, 0.2) is 152 Å². The fraction of sp³-hybridized carbons (Fsp3) is 0.333. The highest BCUT2D eigenvalue weighted by Crippen LogP contribution is 2.37. The highest BCUT2D eigenvalue weighted by Gasteiger charge is 2.46. The van der Waals surface area contributed by atoms with Gasteiger partial charge in [0.25, 0.3) is 0 Å². The van der Waals surface area contributed by atoms with Gasteiger partial charge in [0.2, 0.25) is 0 Å². The summed E-state index contributed by atoms with van der Waals surface area (Å²) in [5.41, 5.74) is 4.43. The third kappa shape index (κ3) is 14.3. The Balaban J connectivity index is 1.26. The molecule has 0 aliphatic carbocycles. The van der Waals surface area contributed by atoms with Crippen molar-refractivity contribution in [3.8, 4) is 0 Å². The van der Waals surface area contributed by atoms with E-state index < -0.39 is 57.3 Å². The van der Waals surface area contributed by atoms with Gasteiger partial charge in [-0.05, 0) is 27.8 Å². The maximum atomic E-state index is 12.1. The monoisotopic (exact) mass is 814 g/mol. The number of hydrogen-bond acceptors (Lipinski definition) is 10. The molecule has 13 heteroatoms. The second kappa shape index (κ2) is 22.9. The van der Waals surface area contributed by atoms with Crippen LogP contribution in [-0.2, 0) is 75.3 Å². The lowest BCUT2D eigenvalue weighted by Gasteiger charge is -2.34. The van der Waals surface area contributed by atoms with Crippen molar-refractivity contribution >= 4 is 7.82 Å². The maximum Gasteiger partial charge on any atom is 0.469 e. The molecule has 0 spiro atoms. The fourth-order valence-corrected chi connectivity index (χ4v) is 6.74. The summed E-state index contributed by atoms with van der Waals surface area (Å²) < 4.78 is 61.7. The van der Waals surface area contributed by atoms with Gasteiger partial charge in [-0.1, -0.05) is 152 Å². The van der Waals surface area contributed by atoms with E-state index in [-0.39, 0.29) is 39.6 Å². The molecule has 12 nitrogen and oxygen atoms in total. The van der Waals surface area contributed by atoms with Crippen molar-refractivity contribution in [3.63, 3.8) is 0 Å². The molecule has 0 radical (unpaired) electrons. The summed E-state index contributed by atoms with van der Waals surface area (Å²) >= 11 is 0. The van der Waals surface area contributed by atoms with E-state index in [0.717, 1.165) is 27.8 Å². The van der Waals surface area contributed by atoms with Gasteiger partial charge in [-0.25, -0.2) is 4.57 Å². The zero-order valence-electron chi connectivity index (χ0n) is 32.1. The summed E-state index contributed by atoms with van der Waals surface area (Å²) in [6, 6.07) is 47.7. The van der Waals surface area contributed by atoms with Crippen LogP contribution in [0.1, 0.15) is 27.8 Å². The molecule has 1 aliphatic rings. The number of aliphatic hydroxyl groups is 1. The van der Waals surface area contributed by atoms with Gasteiger partial charge in [-0.15, -0.1) is 0 Å². The van der Waals surface area contributed by atoms with Crippen LogP contribution < -0.4 is 0 Å². The van der Waals surface area contributed by atoms with Crippen LogP contribution in [0.5, 0.6) is 0 Å². The molecule has 1 saturated heterocycles. The van der Waals surface area contributed by atoms with Crippen LogP contribution in [-0.4, -0.2) is 77.6 Å². The molecular formula is C45H51O12P. The minimum Gasteiger partial charge on any atom is -0.387 e. The van der Waals surface area contributed by atoms with Crippen molar-refractivity contribution in [2.75, 3.05) is 19.8 Å². The molecular weight excluding hydrogens is 763 g/mol. The Labute approximate surface area is 339 Å². The topological polar surface area (TPSA) is 152 Å². The lowest BCUT2D eigenvalue weighted by Crippen LogP contribution is -2.48. The van der Waals surface area contributed by atoms with Crippen molar-refractivity contribution in [1.29, 1.82) is 0 Å². The average Bonchev–Trinajstić information content (AvgIpc) is 3.55. The molecule has 0 aromatic heterocycles. The normalized spacial score (nSPS) is 19.8. The van der Waals surface area contributed by atoms with Crippen molar-refractivity contribution in [3.05, 3.63) is 179 Å². The Morgan fingerprint density at radius 1 is 0.534 bits per heavy atom. The molecule has 0 bridgehead atoms. The fourth-order valence-electron chi connectivity index (χ4n) is 6.40. The van der Waals surface area contributed by atoms with Crippen molar-refractivity contribution < 1.29 is 57.1 Å². The highest BCUT2D eigenvalue weighted by atomic mass is 31.2. The van der Waals surface area contributed by atoms with Gasteiger partial charge in [-0.2, -0.15) is 0 Å². The summed E-state index contributed by atoms with van der Waals surface area (Å²) in [4.78, 5) is 19.6. The largest absolute Gasteiger partial charge is 0.469 e. The Morgan fingerprint density at radius 3 is 1.41 bits per heavy atom. The van der Waals surface area contributed by atoms with E-state index in [1.165, 1.54) is 0 Å². The SMILES string of the molecule is O=P(O)(O)OC[C@@H](OCc1ccccc1)[C@@H](OCc1ccccc1)[C@H](CO[C@@H]1O[C@H](COCc2ccccc2)[C@@H](O)[C@H]1OCc1ccccc1)OCc1ccccc1. The summed E-state index contributed by atoms with van der Waals surface area (Å²) in [5, 5.41) is 11.6. The molecule has 308 valence electrons. The third-order valence-corrected chi connectivity index (χ3v) is 9.92. The number of hydrogen-bond donors (Lipinski definition) is 3. The van der Waals surface area contributed by atoms with Gasteiger partial charge in [0.1, 0.15) is 36.6 Å². The number of phosphoric ester groups is 1. The lowest BCUT2D eigenvalue weighted by atomic mass is 10.1. The minimum atomic E-state index is -4.93. The first-order chi connectivity index (χ1) is 28.3. The van der Waals surface area contributed by atoms with E-state index in [9.17, 15) is 19.5 Å². The van der Waals surface area contributed by atoms with Crippen LogP contribution >= 0.6 is 7.82 Å². The van der Waals surface area contributed by atoms with E-state index in [1.54, 1.807) is 0 Å². The zero-order valence-corrected chi connectivity index (χ0v) is 33.0. The van der Waals surface area contributed by atoms with Gasteiger partial charge >= 0.3 is 7.82 Å². The van der Waals surface area contributed by atoms with E-state index in [2.05, 4.69) is 0 Å². The quantitative estimate of drug-likeness (QED) is 0.0565. The number of aliphatic hydroxyl groups excluding tert-OH is 1. The Hall–Kier alpha value is -4.11. The first-order valence-electron chi connectivity index (χ1n) is 19.2. The molecule has 58 heavy (non-hydrogen) atoms. The standard InChI is InChI=1S/C45H51O12P/c46-42-39(31-50-26-34-16-6-1-7-17-34)57-45(44(42)54-30-38-24-14-5-15-25-38)55-32-40(51-27-35-18-8-2-9-19-35)43(53-29-37-22-12-4-13-23-37)41(33-56-58(47,48)49)52-28-36-20-10-3-11-21-36/h1-25,39-46H,26-33H2,(H2,47,48,49)/t39-,40+,41-,42-,43+,44-,45-/m1/s1. The van der Waals surface area contributed by atoms with Crippen LogP contribution in [0.4, 0.5) is 0 Å². The lowest BCUT2D eigenvalue weighted by molar-refractivity contribution is -0.222. The molecule has 7 atom stereocenters. The Bertz CT molecular complexity index is 1900.